The lowest BCUT2D eigenvalue weighted by molar-refractivity contribution is 0.0451. The Morgan fingerprint density at radius 3 is 1.71 bits per heavy atom. The van der Waals surface area contributed by atoms with Crippen molar-refractivity contribution < 1.29 is 13.5 Å². The minimum Gasteiger partial charge on any atom is -0.367 e. The molecule has 0 unspecified atom stereocenters. The standard InChI is InChI=1S/C23H30F2N2O/c1-2-3-12-26-13-15-27(16-14-26)17-18-28-23(19-4-8-21(24)9-5-19)20-6-10-22(25)11-7-20/h4-11,23H,2-3,12-18H2,1H3. The Balaban J connectivity index is 1.55. The highest BCUT2D eigenvalue weighted by Gasteiger charge is 2.18. The van der Waals surface area contributed by atoms with E-state index in [1.807, 2.05) is 0 Å². The zero-order chi connectivity index (χ0) is 19.8. The molecule has 5 heteroatoms. The number of hydrogen-bond acceptors (Lipinski definition) is 3. The van der Waals surface area contributed by atoms with Crippen molar-refractivity contribution in [3.05, 3.63) is 71.3 Å². The van der Waals surface area contributed by atoms with Crippen molar-refractivity contribution in [2.75, 3.05) is 45.9 Å². The summed E-state index contributed by atoms with van der Waals surface area (Å²) in [4.78, 5) is 4.95. The van der Waals surface area contributed by atoms with Crippen molar-refractivity contribution in [2.24, 2.45) is 0 Å². The first-order chi connectivity index (χ1) is 13.7. The van der Waals surface area contributed by atoms with Crippen LogP contribution in [0.25, 0.3) is 0 Å². The molecule has 3 rings (SSSR count). The van der Waals surface area contributed by atoms with Gasteiger partial charge in [0.15, 0.2) is 0 Å². The molecular formula is C23H30F2N2O. The van der Waals surface area contributed by atoms with Gasteiger partial charge >= 0.3 is 0 Å². The molecule has 1 fully saturated rings. The summed E-state index contributed by atoms with van der Waals surface area (Å²) in [6.07, 6.45) is 2.18. The van der Waals surface area contributed by atoms with Crippen molar-refractivity contribution in [3.8, 4) is 0 Å². The van der Waals surface area contributed by atoms with Gasteiger partial charge in [-0.05, 0) is 48.4 Å². The number of hydrogen-bond donors (Lipinski definition) is 0. The predicted octanol–water partition coefficient (Wildman–Crippen LogP) is 4.49. The zero-order valence-electron chi connectivity index (χ0n) is 16.6. The van der Waals surface area contributed by atoms with Crippen LogP contribution in [0.15, 0.2) is 48.5 Å². The molecule has 0 amide bonds. The molecule has 0 N–H and O–H groups in total. The monoisotopic (exact) mass is 388 g/mol. The summed E-state index contributed by atoms with van der Waals surface area (Å²) in [5, 5.41) is 0. The quantitative estimate of drug-likeness (QED) is 0.630. The fraction of sp³-hybridized carbons (Fsp3) is 0.478. The molecule has 0 radical (unpaired) electrons. The normalized spacial score (nSPS) is 16.0. The topological polar surface area (TPSA) is 15.7 Å². The van der Waals surface area contributed by atoms with Gasteiger partial charge in [0.05, 0.1) is 6.61 Å². The van der Waals surface area contributed by atoms with E-state index >= 15 is 0 Å². The molecule has 152 valence electrons. The van der Waals surface area contributed by atoms with Gasteiger partial charge in [-0.15, -0.1) is 0 Å². The largest absolute Gasteiger partial charge is 0.367 e. The lowest BCUT2D eigenvalue weighted by atomic mass is 10.0. The number of unbranched alkanes of at least 4 members (excludes halogenated alkanes) is 1. The van der Waals surface area contributed by atoms with Crippen LogP contribution in [0, 0.1) is 11.6 Å². The van der Waals surface area contributed by atoms with Gasteiger partial charge in [-0.25, -0.2) is 8.78 Å². The van der Waals surface area contributed by atoms with Gasteiger partial charge in [0.2, 0.25) is 0 Å². The Bertz CT molecular complexity index is 652. The highest BCUT2D eigenvalue weighted by atomic mass is 19.1. The molecule has 3 nitrogen and oxygen atoms in total. The molecular weight excluding hydrogens is 358 g/mol. The zero-order valence-corrected chi connectivity index (χ0v) is 16.6. The third-order valence-electron chi connectivity index (χ3n) is 5.33. The van der Waals surface area contributed by atoms with Gasteiger partial charge in [-0.1, -0.05) is 37.6 Å². The molecule has 0 aromatic heterocycles. The van der Waals surface area contributed by atoms with E-state index in [0.717, 1.165) is 43.9 Å². The molecule has 28 heavy (non-hydrogen) atoms. The van der Waals surface area contributed by atoms with Crippen LogP contribution in [-0.2, 0) is 4.74 Å². The first-order valence-corrected chi connectivity index (χ1v) is 10.2. The van der Waals surface area contributed by atoms with E-state index in [2.05, 4.69) is 16.7 Å². The first-order valence-electron chi connectivity index (χ1n) is 10.2. The third-order valence-corrected chi connectivity index (χ3v) is 5.33. The lowest BCUT2D eigenvalue weighted by Crippen LogP contribution is -2.47. The second-order valence-corrected chi connectivity index (χ2v) is 7.39. The molecule has 1 aliphatic rings. The Morgan fingerprint density at radius 2 is 1.25 bits per heavy atom. The minimum atomic E-state index is -0.327. The Morgan fingerprint density at radius 1 is 0.786 bits per heavy atom. The molecule has 0 atom stereocenters. The molecule has 2 aromatic rings. The van der Waals surface area contributed by atoms with Crippen molar-refractivity contribution in [2.45, 2.75) is 25.9 Å². The Hall–Kier alpha value is -1.82. The van der Waals surface area contributed by atoms with Gasteiger partial charge in [-0.2, -0.15) is 0 Å². The highest BCUT2D eigenvalue weighted by Crippen LogP contribution is 2.26. The number of ether oxygens (including phenoxy) is 1. The molecule has 1 saturated heterocycles. The maximum absolute atomic E-state index is 13.3. The molecule has 1 heterocycles. The molecule has 0 saturated carbocycles. The summed E-state index contributed by atoms with van der Waals surface area (Å²) in [7, 11) is 0. The van der Waals surface area contributed by atoms with E-state index in [-0.39, 0.29) is 17.7 Å². The van der Waals surface area contributed by atoms with Crippen LogP contribution in [-0.4, -0.2) is 55.7 Å². The summed E-state index contributed by atoms with van der Waals surface area (Å²) in [6.45, 7) is 9.20. The van der Waals surface area contributed by atoms with E-state index in [1.54, 1.807) is 24.3 Å². The van der Waals surface area contributed by atoms with Gasteiger partial charge < -0.3 is 9.64 Å². The summed E-state index contributed by atoms with van der Waals surface area (Å²) in [5.41, 5.74) is 1.75. The van der Waals surface area contributed by atoms with Crippen LogP contribution in [0.1, 0.15) is 37.0 Å². The Kier molecular flexibility index (Phi) is 7.95. The molecule has 2 aromatic carbocycles. The molecule has 0 spiro atoms. The summed E-state index contributed by atoms with van der Waals surface area (Å²) in [6, 6.07) is 12.7. The van der Waals surface area contributed by atoms with Gasteiger partial charge in [0, 0.05) is 32.7 Å². The van der Waals surface area contributed by atoms with E-state index in [4.69, 9.17) is 4.74 Å². The maximum atomic E-state index is 13.3. The lowest BCUT2D eigenvalue weighted by Gasteiger charge is -2.34. The maximum Gasteiger partial charge on any atom is 0.123 e. The third kappa shape index (κ3) is 6.09. The number of piperazine rings is 1. The fourth-order valence-electron chi connectivity index (χ4n) is 3.58. The van der Waals surface area contributed by atoms with Gasteiger partial charge in [0.1, 0.15) is 17.7 Å². The first kappa shape index (κ1) is 20.9. The van der Waals surface area contributed by atoms with Crippen LogP contribution < -0.4 is 0 Å². The van der Waals surface area contributed by atoms with Crippen molar-refractivity contribution in [1.29, 1.82) is 0 Å². The van der Waals surface area contributed by atoms with Crippen molar-refractivity contribution in [1.82, 2.24) is 9.80 Å². The predicted molar refractivity (Wildman–Crippen MR) is 108 cm³/mol. The van der Waals surface area contributed by atoms with E-state index < -0.39 is 0 Å². The van der Waals surface area contributed by atoms with Crippen LogP contribution >= 0.6 is 0 Å². The van der Waals surface area contributed by atoms with E-state index in [9.17, 15) is 8.78 Å². The SMILES string of the molecule is CCCCN1CCN(CCOC(c2ccc(F)cc2)c2ccc(F)cc2)CC1. The van der Waals surface area contributed by atoms with Crippen molar-refractivity contribution >= 4 is 0 Å². The number of benzene rings is 2. The number of halogens is 2. The minimum absolute atomic E-state index is 0.275. The second kappa shape index (κ2) is 10.6. The van der Waals surface area contributed by atoms with E-state index in [0.29, 0.717) is 6.61 Å². The number of rotatable bonds is 9. The highest BCUT2D eigenvalue weighted by molar-refractivity contribution is 5.30. The van der Waals surface area contributed by atoms with Crippen LogP contribution in [0.4, 0.5) is 8.78 Å². The Labute approximate surface area is 166 Å². The van der Waals surface area contributed by atoms with Gasteiger partial charge in [0.25, 0.3) is 0 Å². The smallest absolute Gasteiger partial charge is 0.123 e. The van der Waals surface area contributed by atoms with E-state index in [1.165, 1.54) is 43.7 Å². The van der Waals surface area contributed by atoms with Crippen molar-refractivity contribution in [3.63, 3.8) is 0 Å². The second-order valence-electron chi connectivity index (χ2n) is 7.39. The van der Waals surface area contributed by atoms with Crippen LogP contribution in [0.3, 0.4) is 0 Å². The van der Waals surface area contributed by atoms with Gasteiger partial charge in [-0.3, -0.25) is 4.90 Å². The average molecular weight is 389 g/mol. The number of nitrogens with zero attached hydrogens (tertiary/aromatic N) is 2. The molecule has 1 aliphatic heterocycles. The summed E-state index contributed by atoms with van der Waals surface area (Å²) in [5.74, 6) is -0.551. The van der Waals surface area contributed by atoms with Crippen LogP contribution in [0.5, 0.6) is 0 Å². The fourth-order valence-corrected chi connectivity index (χ4v) is 3.58. The average Bonchev–Trinajstić information content (AvgIpc) is 2.72. The molecule has 0 aliphatic carbocycles. The molecule has 0 bridgehead atoms. The summed E-state index contributed by atoms with van der Waals surface area (Å²) < 4.78 is 32.8. The van der Waals surface area contributed by atoms with Crippen LogP contribution in [0.2, 0.25) is 0 Å². The summed E-state index contributed by atoms with van der Waals surface area (Å²) >= 11 is 0.